The third-order valence-corrected chi connectivity index (χ3v) is 0.567. The molecule has 9 heavy (non-hydrogen) atoms. The SMILES string of the molecule is C=C(C#N)C(=O)OC.[Na]. The first-order valence-corrected chi connectivity index (χ1v) is 1.89. The molecular weight excluding hydrogens is 129 g/mol. The summed E-state index contributed by atoms with van der Waals surface area (Å²) in [5.41, 5.74) is -0.174. The monoisotopic (exact) mass is 134 g/mol. The summed E-state index contributed by atoms with van der Waals surface area (Å²) in [6, 6.07) is 1.55. The number of nitriles is 1. The van der Waals surface area contributed by atoms with Crippen LogP contribution in [0.5, 0.6) is 0 Å². The summed E-state index contributed by atoms with van der Waals surface area (Å²) in [5, 5.41) is 7.99. The number of ether oxygens (including phenoxy) is 1. The minimum absolute atomic E-state index is 0. The van der Waals surface area contributed by atoms with Gasteiger partial charge in [0.15, 0.2) is 0 Å². The van der Waals surface area contributed by atoms with Gasteiger partial charge in [0.05, 0.1) is 7.11 Å². The molecule has 43 valence electrons. The summed E-state index contributed by atoms with van der Waals surface area (Å²) in [6.07, 6.45) is 0. The molecule has 4 heteroatoms. The van der Waals surface area contributed by atoms with Crippen LogP contribution in [0.1, 0.15) is 0 Å². The Morgan fingerprint density at radius 1 is 1.78 bits per heavy atom. The zero-order valence-electron chi connectivity index (χ0n) is 5.47. The first-order valence-electron chi connectivity index (χ1n) is 1.89. The van der Waals surface area contributed by atoms with Crippen LogP contribution in [0.3, 0.4) is 0 Å². The van der Waals surface area contributed by atoms with Crippen molar-refractivity contribution in [3.63, 3.8) is 0 Å². The average molecular weight is 134 g/mol. The van der Waals surface area contributed by atoms with Gasteiger partial charge >= 0.3 is 5.97 Å². The van der Waals surface area contributed by atoms with E-state index >= 15 is 0 Å². The smallest absolute Gasteiger partial charge is 0.347 e. The van der Waals surface area contributed by atoms with Crippen molar-refractivity contribution in [3.05, 3.63) is 12.2 Å². The number of methoxy groups -OCH3 is 1. The van der Waals surface area contributed by atoms with E-state index in [1.54, 1.807) is 6.07 Å². The van der Waals surface area contributed by atoms with Crippen LogP contribution in [0.25, 0.3) is 0 Å². The van der Waals surface area contributed by atoms with Crippen LogP contribution >= 0.6 is 0 Å². The normalized spacial score (nSPS) is 6.22. The fourth-order valence-electron chi connectivity index (χ4n) is 0.169. The van der Waals surface area contributed by atoms with Crippen LogP contribution in [-0.2, 0) is 9.53 Å². The van der Waals surface area contributed by atoms with Crippen molar-refractivity contribution in [2.75, 3.05) is 7.11 Å². The summed E-state index contributed by atoms with van der Waals surface area (Å²) >= 11 is 0. The Bertz CT molecular complexity index is 159. The number of hydrogen-bond acceptors (Lipinski definition) is 3. The Morgan fingerprint density at radius 2 is 2.22 bits per heavy atom. The van der Waals surface area contributed by atoms with E-state index in [9.17, 15) is 4.79 Å². The Kier molecular flexibility index (Phi) is 7.44. The average Bonchev–Trinajstić information content (AvgIpc) is 1.84. The van der Waals surface area contributed by atoms with Crippen molar-refractivity contribution in [2.45, 2.75) is 0 Å². The van der Waals surface area contributed by atoms with Gasteiger partial charge in [-0.3, -0.25) is 0 Å². The molecule has 0 saturated heterocycles. The van der Waals surface area contributed by atoms with Gasteiger partial charge in [0, 0.05) is 29.6 Å². The van der Waals surface area contributed by atoms with E-state index in [-0.39, 0.29) is 35.1 Å². The quantitative estimate of drug-likeness (QED) is 0.217. The van der Waals surface area contributed by atoms with Crippen LogP contribution in [0.15, 0.2) is 12.2 Å². The molecule has 0 heterocycles. The van der Waals surface area contributed by atoms with Crippen molar-refractivity contribution in [1.82, 2.24) is 0 Å². The molecule has 3 nitrogen and oxygen atoms in total. The second kappa shape index (κ2) is 5.83. The predicted octanol–water partition coefficient (Wildman–Crippen LogP) is -0.142. The van der Waals surface area contributed by atoms with Crippen LogP contribution in [-0.4, -0.2) is 42.6 Å². The third kappa shape index (κ3) is 4.22. The Hall–Kier alpha value is -0.300. The van der Waals surface area contributed by atoms with Crippen molar-refractivity contribution in [1.29, 1.82) is 5.26 Å². The minimum atomic E-state index is -0.674. The maximum Gasteiger partial charge on any atom is 0.347 e. The molecule has 0 amide bonds. The molecule has 0 bridgehead atoms. The molecular formula is C5H5NNaO2. The standard InChI is InChI=1S/C5H5NO2.Na/c1-4(3-6)5(7)8-2;/h1H2,2H3;. The molecule has 0 aliphatic rings. The molecule has 0 aliphatic carbocycles. The van der Waals surface area contributed by atoms with E-state index in [0.717, 1.165) is 0 Å². The largest absolute Gasteiger partial charge is 0.465 e. The van der Waals surface area contributed by atoms with Crippen molar-refractivity contribution in [3.8, 4) is 6.07 Å². The van der Waals surface area contributed by atoms with E-state index in [2.05, 4.69) is 11.3 Å². The second-order valence-corrected chi connectivity index (χ2v) is 1.08. The van der Waals surface area contributed by atoms with E-state index < -0.39 is 5.97 Å². The molecule has 0 aromatic carbocycles. The molecule has 1 radical (unpaired) electrons. The van der Waals surface area contributed by atoms with Gasteiger partial charge in [0.2, 0.25) is 0 Å². The molecule has 0 fully saturated rings. The first kappa shape index (κ1) is 11.5. The van der Waals surface area contributed by atoms with Gasteiger partial charge in [-0.1, -0.05) is 6.58 Å². The molecule has 0 saturated carbocycles. The van der Waals surface area contributed by atoms with E-state index in [4.69, 9.17) is 5.26 Å². The fraction of sp³-hybridized carbons (Fsp3) is 0.200. The van der Waals surface area contributed by atoms with Crippen molar-refractivity contribution >= 4 is 35.5 Å². The van der Waals surface area contributed by atoms with Gasteiger partial charge in [0.1, 0.15) is 11.6 Å². The molecule has 0 aromatic rings. The van der Waals surface area contributed by atoms with Crippen molar-refractivity contribution < 1.29 is 9.53 Å². The number of rotatable bonds is 1. The van der Waals surface area contributed by atoms with E-state index in [1.165, 1.54) is 7.11 Å². The van der Waals surface area contributed by atoms with Crippen LogP contribution in [0.2, 0.25) is 0 Å². The third-order valence-electron chi connectivity index (χ3n) is 0.567. The maximum absolute atomic E-state index is 10.2. The first-order chi connectivity index (χ1) is 3.72. The Balaban J connectivity index is 0. The Labute approximate surface area is 75.6 Å². The zero-order chi connectivity index (χ0) is 6.57. The summed E-state index contributed by atoms with van der Waals surface area (Å²) in [4.78, 5) is 10.2. The zero-order valence-corrected chi connectivity index (χ0v) is 7.47. The summed E-state index contributed by atoms with van der Waals surface area (Å²) in [5.74, 6) is -0.674. The number of esters is 1. The van der Waals surface area contributed by atoms with E-state index in [1.807, 2.05) is 0 Å². The van der Waals surface area contributed by atoms with Crippen LogP contribution < -0.4 is 0 Å². The second-order valence-electron chi connectivity index (χ2n) is 1.08. The van der Waals surface area contributed by atoms with Gasteiger partial charge in [-0.25, -0.2) is 4.79 Å². The topological polar surface area (TPSA) is 50.1 Å². The van der Waals surface area contributed by atoms with Gasteiger partial charge in [-0.05, 0) is 0 Å². The van der Waals surface area contributed by atoms with E-state index in [0.29, 0.717) is 0 Å². The molecule has 0 aromatic heterocycles. The number of carbonyl (C=O) groups is 1. The van der Waals surface area contributed by atoms with Crippen LogP contribution in [0, 0.1) is 11.3 Å². The maximum atomic E-state index is 10.2. The molecule has 0 spiro atoms. The van der Waals surface area contributed by atoms with Gasteiger partial charge in [-0.2, -0.15) is 5.26 Å². The summed E-state index contributed by atoms with van der Waals surface area (Å²) in [7, 11) is 1.20. The predicted molar refractivity (Wildman–Crippen MR) is 32.5 cm³/mol. The minimum Gasteiger partial charge on any atom is -0.465 e. The number of carbonyl (C=O) groups excluding carboxylic acids is 1. The molecule has 0 aliphatic heterocycles. The molecule has 0 unspecified atom stereocenters. The molecule has 0 N–H and O–H groups in total. The Morgan fingerprint density at radius 3 is 2.33 bits per heavy atom. The summed E-state index contributed by atoms with van der Waals surface area (Å²) < 4.78 is 4.14. The fourth-order valence-corrected chi connectivity index (χ4v) is 0.169. The molecule has 0 atom stereocenters. The van der Waals surface area contributed by atoms with Gasteiger partial charge in [0.25, 0.3) is 0 Å². The van der Waals surface area contributed by atoms with Gasteiger partial charge in [-0.15, -0.1) is 0 Å². The van der Waals surface area contributed by atoms with Crippen LogP contribution in [0.4, 0.5) is 0 Å². The molecule has 0 rings (SSSR count). The summed E-state index contributed by atoms with van der Waals surface area (Å²) in [6.45, 7) is 3.11. The van der Waals surface area contributed by atoms with Crippen molar-refractivity contribution in [2.24, 2.45) is 0 Å². The number of nitrogens with zero attached hydrogens (tertiary/aromatic N) is 1. The number of hydrogen-bond donors (Lipinski definition) is 0. The van der Waals surface area contributed by atoms with Gasteiger partial charge < -0.3 is 4.74 Å².